The number of nitrogens with two attached hydrogens (primary N) is 1. The van der Waals surface area contributed by atoms with E-state index in [1.165, 1.54) is 18.9 Å². The Balaban J connectivity index is 1.67. The zero-order valence-corrected chi connectivity index (χ0v) is 14.1. The molecule has 0 saturated carbocycles. The van der Waals surface area contributed by atoms with Gasteiger partial charge in [0, 0.05) is 30.5 Å². The Morgan fingerprint density at radius 2 is 1.62 bits per heavy atom. The standard InChI is InChI=1S/C18H26F3N3/c1-13-4-8-23(9-5-13)15-6-10-24(11-7-15)17-3-2-14(22)12-16(17)18(19,20)21/h2-3,12-13,15H,4-11,22H2,1H3. The van der Waals surface area contributed by atoms with Crippen LogP contribution in [0.3, 0.4) is 0 Å². The molecule has 3 rings (SSSR count). The maximum Gasteiger partial charge on any atom is 0.418 e. The van der Waals surface area contributed by atoms with Crippen molar-refractivity contribution in [3.8, 4) is 0 Å². The summed E-state index contributed by atoms with van der Waals surface area (Å²) < 4.78 is 39.9. The normalized spacial score (nSPS) is 22.1. The van der Waals surface area contributed by atoms with E-state index in [4.69, 9.17) is 5.73 Å². The van der Waals surface area contributed by atoms with Crippen molar-refractivity contribution in [2.24, 2.45) is 5.92 Å². The molecule has 2 N–H and O–H groups in total. The van der Waals surface area contributed by atoms with Gasteiger partial charge in [0.15, 0.2) is 0 Å². The van der Waals surface area contributed by atoms with Crippen molar-refractivity contribution in [3.05, 3.63) is 23.8 Å². The fraction of sp³-hybridized carbons (Fsp3) is 0.667. The monoisotopic (exact) mass is 341 g/mol. The van der Waals surface area contributed by atoms with E-state index in [2.05, 4.69) is 11.8 Å². The van der Waals surface area contributed by atoms with E-state index in [1.807, 2.05) is 4.90 Å². The van der Waals surface area contributed by atoms with Crippen molar-refractivity contribution in [2.75, 3.05) is 36.8 Å². The highest BCUT2D eigenvalue weighted by Crippen LogP contribution is 2.39. The summed E-state index contributed by atoms with van der Waals surface area (Å²) in [6.45, 7) is 5.89. The zero-order valence-electron chi connectivity index (χ0n) is 14.1. The van der Waals surface area contributed by atoms with Crippen LogP contribution in [0.2, 0.25) is 0 Å². The van der Waals surface area contributed by atoms with Gasteiger partial charge in [-0.2, -0.15) is 13.2 Å². The minimum Gasteiger partial charge on any atom is -0.399 e. The first-order valence-corrected chi connectivity index (χ1v) is 8.80. The van der Waals surface area contributed by atoms with Gasteiger partial charge in [-0.25, -0.2) is 0 Å². The van der Waals surface area contributed by atoms with Crippen LogP contribution in [-0.2, 0) is 6.18 Å². The molecule has 0 amide bonds. The number of piperidine rings is 2. The second kappa shape index (κ2) is 6.82. The molecule has 1 aromatic carbocycles. The third kappa shape index (κ3) is 3.79. The minimum absolute atomic E-state index is 0.156. The van der Waals surface area contributed by atoms with Gasteiger partial charge in [0.1, 0.15) is 0 Å². The van der Waals surface area contributed by atoms with E-state index in [0.29, 0.717) is 19.1 Å². The third-order valence-corrected chi connectivity index (χ3v) is 5.47. The van der Waals surface area contributed by atoms with Crippen LogP contribution in [0.5, 0.6) is 0 Å². The van der Waals surface area contributed by atoms with Gasteiger partial charge in [-0.15, -0.1) is 0 Å². The first-order chi connectivity index (χ1) is 11.3. The lowest BCUT2D eigenvalue weighted by Gasteiger charge is -2.42. The Morgan fingerprint density at radius 1 is 1.00 bits per heavy atom. The van der Waals surface area contributed by atoms with Gasteiger partial charge in [-0.05, 0) is 62.9 Å². The van der Waals surface area contributed by atoms with Crippen LogP contribution in [0.4, 0.5) is 24.5 Å². The quantitative estimate of drug-likeness (QED) is 0.826. The maximum atomic E-state index is 13.3. The highest BCUT2D eigenvalue weighted by atomic mass is 19.4. The van der Waals surface area contributed by atoms with Gasteiger partial charge >= 0.3 is 6.18 Å². The van der Waals surface area contributed by atoms with Gasteiger partial charge in [-0.3, -0.25) is 0 Å². The van der Waals surface area contributed by atoms with Gasteiger partial charge < -0.3 is 15.5 Å². The molecule has 24 heavy (non-hydrogen) atoms. The molecular formula is C18H26F3N3. The van der Waals surface area contributed by atoms with Gasteiger partial charge in [-0.1, -0.05) is 6.92 Å². The van der Waals surface area contributed by atoms with E-state index >= 15 is 0 Å². The van der Waals surface area contributed by atoms with Crippen molar-refractivity contribution in [2.45, 2.75) is 44.8 Å². The summed E-state index contributed by atoms with van der Waals surface area (Å²) in [4.78, 5) is 4.40. The molecular weight excluding hydrogens is 315 g/mol. The van der Waals surface area contributed by atoms with Crippen molar-refractivity contribution in [1.29, 1.82) is 0 Å². The Kier molecular flexibility index (Phi) is 4.95. The first-order valence-electron chi connectivity index (χ1n) is 8.80. The lowest BCUT2D eigenvalue weighted by atomic mass is 9.94. The number of anilines is 2. The predicted octanol–water partition coefficient (Wildman–Crippen LogP) is 3.99. The molecule has 2 heterocycles. The number of halogens is 3. The smallest absolute Gasteiger partial charge is 0.399 e. The Bertz CT molecular complexity index is 557. The fourth-order valence-electron chi connectivity index (χ4n) is 3.92. The molecule has 0 aromatic heterocycles. The zero-order chi connectivity index (χ0) is 17.3. The number of benzene rings is 1. The molecule has 2 saturated heterocycles. The summed E-state index contributed by atoms with van der Waals surface area (Å²) >= 11 is 0. The van der Waals surface area contributed by atoms with E-state index in [-0.39, 0.29) is 11.4 Å². The van der Waals surface area contributed by atoms with Crippen LogP contribution in [0, 0.1) is 5.92 Å². The van der Waals surface area contributed by atoms with Crippen LogP contribution < -0.4 is 10.6 Å². The first kappa shape index (κ1) is 17.4. The van der Waals surface area contributed by atoms with Crippen LogP contribution >= 0.6 is 0 Å². The molecule has 3 nitrogen and oxygen atoms in total. The molecule has 0 radical (unpaired) electrons. The summed E-state index contributed by atoms with van der Waals surface area (Å²) in [7, 11) is 0. The van der Waals surface area contributed by atoms with Crippen molar-refractivity contribution in [3.63, 3.8) is 0 Å². The lowest BCUT2D eigenvalue weighted by Crippen LogP contribution is -2.47. The molecule has 6 heteroatoms. The van der Waals surface area contributed by atoms with E-state index in [9.17, 15) is 13.2 Å². The topological polar surface area (TPSA) is 32.5 Å². The molecule has 0 spiro atoms. The highest BCUT2D eigenvalue weighted by molar-refractivity contribution is 5.61. The summed E-state index contributed by atoms with van der Waals surface area (Å²) in [6.07, 6.45) is -0.0521. The van der Waals surface area contributed by atoms with Gasteiger partial charge in [0.05, 0.1) is 5.56 Å². The van der Waals surface area contributed by atoms with Gasteiger partial charge in [0.25, 0.3) is 0 Å². The number of nitrogens with zero attached hydrogens (tertiary/aromatic N) is 2. The van der Waals surface area contributed by atoms with E-state index in [1.54, 1.807) is 6.07 Å². The van der Waals surface area contributed by atoms with Crippen LogP contribution in [0.15, 0.2) is 18.2 Å². The second-order valence-electron chi connectivity index (χ2n) is 7.21. The summed E-state index contributed by atoms with van der Waals surface area (Å²) in [5.74, 6) is 0.797. The van der Waals surface area contributed by atoms with E-state index < -0.39 is 11.7 Å². The Hall–Kier alpha value is -1.43. The second-order valence-corrected chi connectivity index (χ2v) is 7.21. The summed E-state index contributed by atoms with van der Waals surface area (Å²) in [5.41, 5.74) is 5.36. The fourth-order valence-corrected chi connectivity index (χ4v) is 3.92. The Morgan fingerprint density at radius 3 is 2.21 bits per heavy atom. The van der Waals surface area contributed by atoms with Crippen LogP contribution in [-0.4, -0.2) is 37.1 Å². The molecule has 2 fully saturated rings. The molecule has 2 aliphatic heterocycles. The average Bonchev–Trinajstić information content (AvgIpc) is 2.55. The molecule has 134 valence electrons. The average molecular weight is 341 g/mol. The van der Waals surface area contributed by atoms with Crippen molar-refractivity contribution < 1.29 is 13.2 Å². The Labute approximate surface area is 141 Å². The molecule has 2 aliphatic rings. The van der Waals surface area contributed by atoms with Gasteiger partial charge in [0.2, 0.25) is 0 Å². The SMILES string of the molecule is CC1CCN(C2CCN(c3ccc(N)cc3C(F)(F)F)CC2)CC1. The summed E-state index contributed by atoms with van der Waals surface area (Å²) in [5, 5.41) is 0. The predicted molar refractivity (Wildman–Crippen MR) is 91.1 cm³/mol. The van der Waals surface area contributed by atoms with E-state index in [0.717, 1.165) is 37.9 Å². The number of likely N-dealkylation sites (tertiary alicyclic amines) is 1. The van der Waals surface area contributed by atoms with Crippen LogP contribution in [0.1, 0.15) is 38.2 Å². The van der Waals surface area contributed by atoms with Crippen molar-refractivity contribution in [1.82, 2.24) is 4.90 Å². The molecule has 0 unspecified atom stereocenters. The molecule has 1 aromatic rings. The molecule has 0 bridgehead atoms. The highest BCUT2D eigenvalue weighted by Gasteiger charge is 2.36. The minimum atomic E-state index is -4.37. The number of hydrogen-bond acceptors (Lipinski definition) is 3. The van der Waals surface area contributed by atoms with Crippen molar-refractivity contribution >= 4 is 11.4 Å². The third-order valence-electron chi connectivity index (χ3n) is 5.47. The lowest BCUT2D eigenvalue weighted by molar-refractivity contribution is -0.137. The molecule has 0 aliphatic carbocycles. The number of hydrogen-bond donors (Lipinski definition) is 1. The summed E-state index contributed by atoms with van der Waals surface area (Å²) in [6, 6.07) is 4.63. The number of nitrogen functional groups attached to an aromatic ring is 1. The van der Waals surface area contributed by atoms with Crippen LogP contribution in [0.25, 0.3) is 0 Å². The number of alkyl halides is 3. The number of rotatable bonds is 2. The molecule has 0 atom stereocenters. The largest absolute Gasteiger partial charge is 0.418 e. The maximum absolute atomic E-state index is 13.3.